The van der Waals surface area contributed by atoms with E-state index in [1.807, 2.05) is 0 Å². The van der Waals surface area contributed by atoms with E-state index in [0.29, 0.717) is 5.02 Å². The van der Waals surface area contributed by atoms with Crippen molar-refractivity contribution in [3.8, 4) is 0 Å². The summed E-state index contributed by atoms with van der Waals surface area (Å²) in [6.07, 6.45) is 1.33. The summed E-state index contributed by atoms with van der Waals surface area (Å²) in [6, 6.07) is 2.93. The van der Waals surface area contributed by atoms with Crippen molar-refractivity contribution >= 4 is 58.1 Å². The van der Waals surface area contributed by atoms with Gasteiger partial charge in [-0.25, -0.2) is 0 Å². The Hall–Kier alpha value is -1.83. The van der Waals surface area contributed by atoms with Crippen molar-refractivity contribution in [3.63, 3.8) is 0 Å². The molecule has 0 bridgehead atoms. The van der Waals surface area contributed by atoms with Crippen molar-refractivity contribution in [2.24, 2.45) is 0 Å². The summed E-state index contributed by atoms with van der Waals surface area (Å²) in [4.78, 5) is 24.0. The van der Waals surface area contributed by atoms with Gasteiger partial charge in [0.2, 0.25) is 11.8 Å². The van der Waals surface area contributed by atoms with Crippen LogP contribution in [0.15, 0.2) is 18.3 Å². The average molecular weight is 363 g/mol. The Morgan fingerprint density at radius 3 is 2.41 bits per heavy atom. The molecule has 2 rings (SSSR count). The molecular weight excluding hydrogens is 353 g/mol. The van der Waals surface area contributed by atoms with Crippen molar-refractivity contribution in [2.45, 2.75) is 13.5 Å². The lowest BCUT2D eigenvalue weighted by Gasteiger charge is -2.09. The van der Waals surface area contributed by atoms with Crippen LogP contribution < -0.4 is 10.6 Å². The minimum Gasteiger partial charge on any atom is -0.322 e. The summed E-state index contributed by atoms with van der Waals surface area (Å²) in [6.45, 7) is 1.17. The van der Waals surface area contributed by atoms with E-state index in [2.05, 4.69) is 20.8 Å². The molecule has 1 aromatic heterocycles. The first-order valence-electron chi connectivity index (χ1n) is 5.97. The Morgan fingerprint density at radius 2 is 1.82 bits per heavy atom. The Labute approximate surface area is 140 Å². The number of benzene rings is 1. The van der Waals surface area contributed by atoms with Crippen LogP contribution >= 0.6 is 34.8 Å². The molecule has 0 aliphatic carbocycles. The van der Waals surface area contributed by atoms with Crippen LogP contribution in [0.2, 0.25) is 15.1 Å². The minimum atomic E-state index is -0.434. The highest BCUT2D eigenvalue weighted by atomic mass is 35.5. The van der Waals surface area contributed by atoms with Gasteiger partial charge in [0.1, 0.15) is 6.54 Å². The lowest BCUT2D eigenvalue weighted by molar-refractivity contribution is -0.117. The number of nitrogens with one attached hydrogen (secondary N) is 2. The second kappa shape index (κ2) is 6.95. The third-order valence-electron chi connectivity index (χ3n) is 2.40. The Balaban J connectivity index is 2.04. The van der Waals surface area contributed by atoms with Crippen molar-refractivity contribution in [3.05, 3.63) is 33.4 Å². The van der Waals surface area contributed by atoms with Gasteiger partial charge < -0.3 is 10.6 Å². The fourth-order valence-electron chi connectivity index (χ4n) is 1.58. The van der Waals surface area contributed by atoms with Gasteiger partial charge in [-0.1, -0.05) is 34.8 Å². The predicted octanol–water partition coefficient (Wildman–Crippen LogP) is 2.84. The third kappa shape index (κ3) is 4.33. The van der Waals surface area contributed by atoms with E-state index in [1.54, 1.807) is 0 Å². The van der Waals surface area contributed by atoms with Crippen molar-refractivity contribution < 1.29 is 9.59 Å². The third-order valence-corrected chi connectivity index (χ3v) is 3.21. The van der Waals surface area contributed by atoms with E-state index < -0.39 is 5.91 Å². The molecule has 0 atom stereocenters. The molecule has 0 spiro atoms. The molecule has 0 saturated carbocycles. The summed E-state index contributed by atoms with van der Waals surface area (Å²) in [5.41, 5.74) is 0.256. The molecule has 7 nitrogen and oxygen atoms in total. The average Bonchev–Trinajstić information content (AvgIpc) is 2.80. The summed E-state index contributed by atoms with van der Waals surface area (Å²) in [5, 5.41) is 13.6. The van der Waals surface area contributed by atoms with E-state index in [4.69, 9.17) is 34.8 Å². The molecule has 0 aliphatic rings. The van der Waals surface area contributed by atoms with Gasteiger partial charge in [0.25, 0.3) is 0 Å². The number of carbonyl (C=O) groups excluding carboxylic acids is 2. The van der Waals surface area contributed by atoms with Crippen LogP contribution in [0.1, 0.15) is 6.92 Å². The van der Waals surface area contributed by atoms with Gasteiger partial charge in [-0.05, 0) is 12.1 Å². The molecule has 1 aromatic carbocycles. The first-order valence-corrected chi connectivity index (χ1v) is 7.10. The SMILES string of the molecule is CC(=O)Nc1cnn(CC(=O)Nc2c(Cl)cc(Cl)cc2Cl)n1. The number of anilines is 2. The van der Waals surface area contributed by atoms with Crippen LogP contribution in [0.25, 0.3) is 0 Å². The van der Waals surface area contributed by atoms with Crippen LogP contribution in [-0.2, 0) is 16.1 Å². The molecule has 22 heavy (non-hydrogen) atoms. The van der Waals surface area contributed by atoms with Gasteiger partial charge >= 0.3 is 0 Å². The highest BCUT2D eigenvalue weighted by Gasteiger charge is 2.13. The topological polar surface area (TPSA) is 88.9 Å². The normalized spacial score (nSPS) is 10.4. The second-order valence-electron chi connectivity index (χ2n) is 4.23. The molecular formula is C12H10Cl3N5O2. The summed E-state index contributed by atoms with van der Waals surface area (Å²) in [5.74, 6) is -0.463. The molecule has 2 N–H and O–H groups in total. The van der Waals surface area contributed by atoms with E-state index in [0.717, 1.165) is 4.80 Å². The molecule has 10 heteroatoms. The van der Waals surface area contributed by atoms with E-state index in [9.17, 15) is 9.59 Å². The smallest absolute Gasteiger partial charge is 0.248 e. The van der Waals surface area contributed by atoms with Crippen molar-refractivity contribution in [1.82, 2.24) is 15.0 Å². The maximum atomic E-state index is 12.0. The lowest BCUT2D eigenvalue weighted by Crippen LogP contribution is -2.21. The quantitative estimate of drug-likeness (QED) is 0.875. The van der Waals surface area contributed by atoms with Crippen LogP contribution in [-0.4, -0.2) is 26.8 Å². The number of nitrogens with zero attached hydrogens (tertiary/aromatic N) is 3. The zero-order chi connectivity index (χ0) is 16.3. The van der Waals surface area contributed by atoms with E-state index in [1.165, 1.54) is 25.3 Å². The maximum absolute atomic E-state index is 12.0. The zero-order valence-corrected chi connectivity index (χ0v) is 13.5. The number of hydrogen-bond donors (Lipinski definition) is 2. The molecule has 0 saturated heterocycles. The number of aromatic nitrogens is 3. The lowest BCUT2D eigenvalue weighted by atomic mass is 10.3. The molecule has 1 heterocycles. The fourth-order valence-corrected chi connectivity index (χ4v) is 2.49. The number of rotatable bonds is 4. The highest BCUT2D eigenvalue weighted by Crippen LogP contribution is 2.33. The number of amides is 2. The maximum Gasteiger partial charge on any atom is 0.248 e. The number of hydrogen-bond acceptors (Lipinski definition) is 4. The minimum absolute atomic E-state index is 0.172. The fraction of sp³-hybridized carbons (Fsp3) is 0.167. The summed E-state index contributed by atoms with van der Waals surface area (Å²) in [7, 11) is 0. The number of carbonyl (C=O) groups is 2. The van der Waals surface area contributed by atoms with Crippen LogP contribution in [0.5, 0.6) is 0 Å². The predicted molar refractivity (Wildman–Crippen MR) is 84.4 cm³/mol. The van der Waals surface area contributed by atoms with Gasteiger partial charge in [0.05, 0.1) is 21.9 Å². The number of halogens is 3. The van der Waals surface area contributed by atoms with Gasteiger partial charge in [0.15, 0.2) is 5.82 Å². The van der Waals surface area contributed by atoms with Gasteiger partial charge in [-0.2, -0.15) is 9.90 Å². The second-order valence-corrected chi connectivity index (χ2v) is 5.48. The first kappa shape index (κ1) is 16.5. The molecule has 0 radical (unpaired) electrons. The van der Waals surface area contributed by atoms with Gasteiger partial charge in [-0.3, -0.25) is 9.59 Å². The first-order chi connectivity index (χ1) is 10.3. The van der Waals surface area contributed by atoms with Gasteiger partial charge in [0, 0.05) is 11.9 Å². The molecule has 0 aliphatic heterocycles. The molecule has 0 unspecified atom stereocenters. The molecule has 2 amide bonds. The van der Waals surface area contributed by atoms with E-state index in [-0.39, 0.29) is 34.0 Å². The van der Waals surface area contributed by atoms with E-state index >= 15 is 0 Å². The standard InChI is InChI=1S/C12H10Cl3N5O2/c1-6(21)17-10-4-16-20(19-10)5-11(22)18-12-8(14)2-7(13)3-9(12)15/h2-4H,5H2,1H3,(H,18,22)(H,17,19,21). The van der Waals surface area contributed by atoms with Crippen molar-refractivity contribution in [1.29, 1.82) is 0 Å². The Kier molecular flexibility index (Phi) is 5.23. The Bertz CT molecular complexity index is 708. The largest absolute Gasteiger partial charge is 0.322 e. The molecule has 2 aromatic rings. The van der Waals surface area contributed by atoms with Gasteiger partial charge in [-0.15, -0.1) is 5.10 Å². The van der Waals surface area contributed by atoms with Crippen molar-refractivity contribution in [2.75, 3.05) is 10.6 Å². The monoisotopic (exact) mass is 361 g/mol. The molecule has 0 fully saturated rings. The zero-order valence-electron chi connectivity index (χ0n) is 11.2. The Morgan fingerprint density at radius 1 is 1.18 bits per heavy atom. The highest BCUT2D eigenvalue weighted by molar-refractivity contribution is 6.42. The van der Waals surface area contributed by atoms with Crippen LogP contribution in [0.3, 0.4) is 0 Å². The molecule has 116 valence electrons. The van der Waals surface area contributed by atoms with Crippen LogP contribution in [0, 0.1) is 0 Å². The van der Waals surface area contributed by atoms with Crippen LogP contribution in [0.4, 0.5) is 11.5 Å². The summed E-state index contributed by atoms with van der Waals surface area (Å²) < 4.78 is 0. The summed E-state index contributed by atoms with van der Waals surface area (Å²) >= 11 is 17.7.